The minimum absolute atomic E-state index is 0.242. The summed E-state index contributed by atoms with van der Waals surface area (Å²) in [6, 6.07) is 0. The topological polar surface area (TPSA) is 33.1 Å². The first-order valence-corrected chi connectivity index (χ1v) is 6.27. The van der Waals surface area contributed by atoms with Crippen molar-refractivity contribution in [1.29, 1.82) is 0 Å². The van der Waals surface area contributed by atoms with E-state index in [1.807, 2.05) is 6.20 Å². The molecular formula is C11H17NOS. The van der Waals surface area contributed by atoms with Gasteiger partial charge in [-0.25, -0.2) is 4.98 Å². The molecular weight excluding hydrogens is 194 g/mol. The Bertz CT molecular complexity index is 279. The second kappa shape index (κ2) is 4.89. The Morgan fingerprint density at radius 3 is 2.86 bits per heavy atom. The normalized spacial score (nSPS) is 18.6. The van der Waals surface area contributed by atoms with Gasteiger partial charge in [0.1, 0.15) is 0 Å². The monoisotopic (exact) mass is 211 g/mol. The summed E-state index contributed by atoms with van der Waals surface area (Å²) in [5, 5.41) is 10.1. The van der Waals surface area contributed by atoms with Crippen molar-refractivity contribution in [2.24, 2.45) is 0 Å². The van der Waals surface area contributed by atoms with Gasteiger partial charge in [0.15, 0.2) is 0 Å². The number of hydrogen-bond acceptors (Lipinski definition) is 3. The standard InChI is InChI=1S/C11H17NOS/c13-7-6-10-8-12-11(14-10)9-4-2-1-3-5-9/h8-9,13H,1-7H2. The molecule has 1 N–H and O–H groups in total. The number of aliphatic hydroxyl groups is 1. The second-order valence-electron chi connectivity index (χ2n) is 3.97. The van der Waals surface area contributed by atoms with Crippen LogP contribution in [0.15, 0.2) is 6.20 Å². The maximum absolute atomic E-state index is 8.82. The predicted molar refractivity (Wildman–Crippen MR) is 58.7 cm³/mol. The summed E-state index contributed by atoms with van der Waals surface area (Å²) in [6.45, 7) is 0.242. The van der Waals surface area contributed by atoms with E-state index in [1.54, 1.807) is 11.3 Å². The van der Waals surface area contributed by atoms with Crippen molar-refractivity contribution >= 4 is 11.3 Å². The number of hydrogen-bond donors (Lipinski definition) is 1. The lowest BCUT2D eigenvalue weighted by atomic mass is 9.90. The summed E-state index contributed by atoms with van der Waals surface area (Å²) in [5.41, 5.74) is 0. The second-order valence-corrected chi connectivity index (χ2v) is 5.12. The Morgan fingerprint density at radius 2 is 2.14 bits per heavy atom. The molecule has 0 saturated heterocycles. The van der Waals surface area contributed by atoms with Gasteiger partial charge in [-0.15, -0.1) is 11.3 Å². The largest absolute Gasteiger partial charge is 0.396 e. The van der Waals surface area contributed by atoms with Crippen LogP contribution in [0.25, 0.3) is 0 Å². The third-order valence-electron chi connectivity index (χ3n) is 2.88. The van der Waals surface area contributed by atoms with Gasteiger partial charge in [0.25, 0.3) is 0 Å². The molecule has 0 spiro atoms. The predicted octanol–water partition coefficient (Wildman–Crippen LogP) is 2.73. The fourth-order valence-electron chi connectivity index (χ4n) is 2.09. The van der Waals surface area contributed by atoms with Gasteiger partial charge in [-0.1, -0.05) is 19.3 Å². The summed E-state index contributed by atoms with van der Waals surface area (Å²) < 4.78 is 0. The fraction of sp³-hybridized carbons (Fsp3) is 0.727. The Balaban J connectivity index is 2.00. The lowest BCUT2D eigenvalue weighted by Crippen LogP contribution is -2.03. The zero-order chi connectivity index (χ0) is 9.80. The van der Waals surface area contributed by atoms with Gasteiger partial charge in [0, 0.05) is 30.0 Å². The van der Waals surface area contributed by atoms with Gasteiger partial charge in [-0.2, -0.15) is 0 Å². The van der Waals surface area contributed by atoms with E-state index in [0.29, 0.717) is 5.92 Å². The quantitative estimate of drug-likeness (QED) is 0.834. The van der Waals surface area contributed by atoms with E-state index in [9.17, 15) is 0 Å². The van der Waals surface area contributed by atoms with E-state index in [4.69, 9.17) is 5.11 Å². The molecule has 2 rings (SSSR count). The highest BCUT2D eigenvalue weighted by molar-refractivity contribution is 7.11. The molecule has 0 aliphatic heterocycles. The van der Waals surface area contributed by atoms with Crippen LogP contribution in [0.5, 0.6) is 0 Å². The van der Waals surface area contributed by atoms with Crippen LogP contribution in [-0.4, -0.2) is 16.7 Å². The van der Waals surface area contributed by atoms with Crippen molar-refractivity contribution in [2.45, 2.75) is 44.4 Å². The fourth-order valence-corrected chi connectivity index (χ4v) is 3.16. The van der Waals surface area contributed by atoms with Gasteiger partial charge >= 0.3 is 0 Å². The Kier molecular flexibility index (Phi) is 3.54. The minimum Gasteiger partial charge on any atom is -0.396 e. The van der Waals surface area contributed by atoms with Crippen molar-refractivity contribution < 1.29 is 5.11 Å². The maximum Gasteiger partial charge on any atom is 0.0958 e. The summed E-state index contributed by atoms with van der Waals surface area (Å²) in [5.74, 6) is 0.709. The molecule has 2 nitrogen and oxygen atoms in total. The Morgan fingerprint density at radius 1 is 1.36 bits per heavy atom. The summed E-state index contributed by atoms with van der Waals surface area (Å²) in [4.78, 5) is 5.70. The van der Waals surface area contributed by atoms with Crippen LogP contribution in [0.2, 0.25) is 0 Å². The summed E-state index contributed by atoms with van der Waals surface area (Å²) in [7, 11) is 0. The molecule has 0 atom stereocenters. The molecule has 0 radical (unpaired) electrons. The zero-order valence-corrected chi connectivity index (χ0v) is 9.22. The highest BCUT2D eigenvalue weighted by Gasteiger charge is 2.18. The van der Waals surface area contributed by atoms with Gasteiger partial charge in [0.2, 0.25) is 0 Å². The van der Waals surface area contributed by atoms with Crippen molar-refractivity contribution in [1.82, 2.24) is 4.98 Å². The third-order valence-corrected chi connectivity index (χ3v) is 4.10. The first-order chi connectivity index (χ1) is 6.90. The molecule has 0 bridgehead atoms. The summed E-state index contributed by atoms with van der Waals surface area (Å²) in [6.07, 6.45) is 9.44. The average Bonchev–Trinajstić information content (AvgIpc) is 2.68. The van der Waals surface area contributed by atoms with Crippen LogP contribution in [0.3, 0.4) is 0 Å². The van der Waals surface area contributed by atoms with Crippen molar-refractivity contribution in [2.75, 3.05) is 6.61 Å². The molecule has 1 heterocycles. The molecule has 1 fully saturated rings. The lowest BCUT2D eigenvalue weighted by Gasteiger charge is -2.18. The first-order valence-electron chi connectivity index (χ1n) is 5.45. The highest BCUT2D eigenvalue weighted by atomic mass is 32.1. The molecule has 78 valence electrons. The molecule has 0 aromatic carbocycles. The average molecular weight is 211 g/mol. The van der Waals surface area contributed by atoms with Crippen molar-refractivity contribution in [3.63, 3.8) is 0 Å². The van der Waals surface area contributed by atoms with E-state index >= 15 is 0 Å². The molecule has 1 aliphatic rings. The maximum atomic E-state index is 8.82. The molecule has 1 aromatic rings. The molecule has 1 aromatic heterocycles. The van der Waals surface area contributed by atoms with E-state index < -0.39 is 0 Å². The highest BCUT2D eigenvalue weighted by Crippen LogP contribution is 2.34. The summed E-state index contributed by atoms with van der Waals surface area (Å²) >= 11 is 1.79. The third kappa shape index (κ3) is 2.34. The molecule has 0 amide bonds. The molecule has 1 saturated carbocycles. The molecule has 3 heteroatoms. The SMILES string of the molecule is OCCc1cnc(C2CCCCC2)s1. The Labute approximate surface area is 89.0 Å². The van der Waals surface area contributed by atoms with E-state index in [2.05, 4.69) is 4.98 Å². The Hall–Kier alpha value is -0.410. The van der Waals surface area contributed by atoms with Gasteiger partial charge in [-0.3, -0.25) is 0 Å². The van der Waals surface area contributed by atoms with E-state index in [-0.39, 0.29) is 6.61 Å². The van der Waals surface area contributed by atoms with Crippen LogP contribution in [0.4, 0.5) is 0 Å². The number of thiazole rings is 1. The van der Waals surface area contributed by atoms with Crippen molar-refractivity contribution in [3.8, 4) is 0 Å². The van der Waals surface area contributed by atoms with Crippen LogP contribution in [0.1, 0.15) is 47.9 Å². The molecule has 0 unspecified atom stereocenters. The van der Waals surface area contributed by atoms with Crippen LogP contribution in [0, 0.1) is 0 Å². The van der Waals surface area contributed by atoms with Crippen LogP contribution < -0.4 is 0 Å². The van der Waals surface area contributed by atoms with E-state index in [1.165, 1.54) is 42.0 Å². The number of aromatic nitrogens is 1. The van der Waals surface area contributed by atoms with Crippen LogP contribution >= 0.6 is 11.3 Å². The minimum atomic E-state index is 0.242. The van der Waals surface area contributed by atoms with E-state index in [0.717, 1.165) is 6.42 Å². The number of aliphatic hydroxyl groups excluding tert-OH is 1. The van der Waals surface area contributed by atoms with Gasteiger partial charge < -0.3 is 5.11 Å². The smallest absolute Gasteiger partial charge is 0.0958 e. The number of rotatable bonds is 3. The number of nitrogens with zero attached hydrogens (tertiary/aromatic N) is 1. The molecule has 14 heavy (non-hydrogen) atoms. The first kappa shape index (κ1) is 10.1. The zero-order valence-electron chi connectivity index (χ0n) is 8.41. The molecule has 1 aliphatic carbocycles. The lowest BCUT2D eigenvalue weighted by molar-refractivity contribution is 0.300. The van der Waals surface area contributed by atoms with Crippen molar-refractivity contribution in [3.05, 3.63) is 16.1 Å². The van der Waals surface area contributed by atoms with Gasteiger partial charge in [-0.05, 0) is 12.8 Å². The van der Waals surface area contributed by atoms with Gasteiger partial charge in [0.05, 0.1) is 5.01 Å². The van der Waals surface area contributed by atoms with Crippen LogP contribution in [-0.2, 0) is 6.42 Å².